The quantitative estimate of drug-likeness (QED) is 0.837. The number of ether oxygens (including phenoxy) is 3. The van der Waals surface area contributed by atoms with Crippen molar-refractivity contribution in [1.29, 1.82) is 0 Å². The minimum Gasteiger partial charge on any atom is -0.497 e. The van der Waals surface area contributed by atoms with Gasteiger partial charge in [0.15, 0.2) is 0 Å². The average molecular weight is 251 g/mol. The van der Waals surface area contributed by atoms with E-state index in [0.29, 0.717) is 6.04 Å². The van der Waals surface area contributed by atoms with Crippen molar-refractivity contribution in [2.75, 3.05) is 20.8 Å². The Labute approximate surface area is 108 Å². The fraction of sp³-hybridized carbons (Fsp3) is 0.571. The molecular formula is C14H21NO3. The topological polar surface area (TPSA) is 39.7 Å². The van der Waals surface area contributed by atoms with Crippen LogP contribution in [0.5, 0.6) is 11.5 Å². The van der Waals surface area contributed by atoms with Crippen LogP contribution in [0.1, 0.15) is 13.3 Å². The highest BCUT2D eigenvalue weighted by atomic mass is 16.5. The zero-order chi connectivity index (χ0) is 13.0. The Morgan fingerprint density at radius 1 is 1.17 bits per heavy atom. The number of benzene rings is 1. The van der Waals surface area contributed by atoms with E-state index in [1.165, 1.54) is 0 Å². The molecule has 0 spiro atoms. The predicted molar refractivity (Wildman–Crippen MR) is 70.3 cm³/mol. The van der Waals surface area contributed by atoms with Gasteiger partial charge in [-0.1, -0.05) is 6.92 Å². The van der Waals surface area contributed by atoms with E-state index in [1.807, 2.05) is 24.3 Å². The summed E-state index contributed by atoms with van der Waals surface area (Å²) in [5.74, 6) is 1.70. The second-order valence-corrected chi connectivity index (χ2v) is 4.43. The Hall–Kier alpha value is -1.26. The first-order valence-electron chi connectivity index (χ1n) is 6.35. The monoisotopic (exact) mass is 251 g/mol. The fourth-order valence-electron chi connectivity index (χ4n) is 2.30. The van der Waals surface area contributed by atoms with Gasteiger partial charge in [-0.3, -0.25) is 0 Å². The summed E-state index contributed by atoms with van der Waals surface area (Å²) in [5.41, 5.74) is 0. The molecule has 2 rings (SSSR count). The highest BCUT2D eigenvalue weighted by Crippen LogP contribution is 2.29. The van der Waals surface area contributed by atoms with Crippen molar-refractivity contribution in [2.45, 2.75) is 31.6 Å². The van der Waals surface area contributed by atoms with Crippen LogP contribution in [0.4, 0.5) is 0 Å². The lowest BCUT2D eigenvalue weighted by molar-refractivity contribution is -0.0884. The van der Waals surface area contributed by atoms with Crippen molar-refractivity contribution in [2.24, 2.45) is 0 Å². The molecular weight excluding hydrogens is 230 g/mol. The fourth-order valence-corrected chi connectivity index (χ4v) is 2.30. The maximum absolute atomic E-state index is 5.91. The van der Waals surface area contributed by atoms with E-state index in [-0.39, 0.29) is 12.2 Å². The summed E-state index contributed by atoms with van der Waals surface area (Å²) in [4.78, 5) is 0. The minimum atomic E-state index is 0.132. The van der Waals surface area contributed by atoms with Gasteiger partial charge in [-0.25, -0.2) is 0 Å². The van der Waals surface area contributed by atoms with Crippen LogP contribution in [0.2, 0.25) is 0 Å². The molecule has 4 nitrogen and oxygen atoms in total. The van der Waals surface area contributed by atoms with E-state index >= 15 is 0 Å². The molecule has 0 amide bonds. The standard InChI is InChI=1S/C14H21NO3/c1-4-15-12-9-13(14(12)17-3)18-11-7-5-10(16-2)6-8-11/h5-8,12-15H,4,9H2,1-3H3. The van der Waals surface area contributed by atoms with E-state index in [0.717, 1.165) is 24.5 Å². The average Bonchev–Trinajstić information content (AvgIpc) is 2.38. The Kier molecular flexibility index (Phi) is 4.44. The SMILES string of the molecule is CCNC1CC(Oc2ccc(OC)cc2)C1OC. The molecule has 1 aromatic carbocycles. The molecule has 1 aliphatic rings. The van der Waals surface area contributed by atoms with Crippen LogP contribution < -0.4 is 14.8 Å². The summed E-state index contributed by atoms with van der Waals surface area (Å²) in [7, 11) is 3.39. The van der Waals surface area contributed by atoms with Gasteiger partial charge in [0.1, 0.15) is 23.7 Å². The summed E-state index contributed by atoms with van der Waals surface area (Å²) in [6.45, 7) is 3.06. The van der Waals surface area contributed by atoms with Crippen LogP contribution in [0.25, 0.3) is 0 Å². The van der Waals surface area contributed by atoms with Crippen LogP contribution in [0, 0.1) is 0 Å². The molecule has 1 fully saturated rings. The summed E-state index contributed by atoms with van der Waals surface area (Å²) < 4.78 is 16.5. The number of hydrogen-bond donors (Lipinski definition) is 1. The molecule has 0 radical (unpaired) electrons. The van der Waals surface area contributed by atoms with Crippen molar-refractivity contribution in [1.82, 2.24) is 5.32 Å². The second kappa shape index (κ2) is 6.07. The molecule has 4 heteroatoms. The third kappa shape index (κ3) is 2.76. The van der Waals surface area contributed by atoms with Crippen LogP contribution in [-0.4, -0.2) is 39.0 Å². The van der Waals surface area contributed by atoms with Gasteiger partial charge >= 0.3 is 0 Å². The Morgan fingerprint density at radius 2 is 1.83 bits per heavy atom. The molecule has 100 valence electrons. The van der Waals surface area contributed by atoms with E-state index in [4.69, 9.17) is 14.2 Å². The van der Waals surface area contributed by atoms with Gasteiger partial charge in [-0.2, -0.15) is 0 Å². The van der Waals surface area contributed by atoms with Gasteiger partial charge in [-0.05, 0) is 30.8 Å². The van der Waals surface area contributed by atoms with Crippen molar-refractivity contribution in [3.8, 4) is 11.5 Å². The molecule has 1 aliphatic carbocycles. The van der Waals surface area contributed by atoms with Gasteiger partial charge < -0.3 is 19.5 Å². The maximum atomic E-state index is 5.91. The zero-order valence-corrected chi connectivity index (χ0v) is 11.2. The van der Waals surface area contributed by atoms with Crippen LogP contribution in [-0.2, 0) is 4.74 Å². The zero-order valence-electron chi connectivity index (χ0n) is 11.2. The number of likely N-dealkylation sites (N-methyl/N-ethyl adjacent to an activating group) is 1. The molecule has 0 aliphatic heterocycles. The van der Waals surface area contributed by atoms with Crippen LogP contribution in [0.15, 0.2) is 24.3 Å². The first kappa shape index (κ1) is 13.2. The van der Waals surface area contributed by atoms with Crippen molar-refractivity contribution < 1.29 is 14.2 Å². The first-order chi connectivity index (χ1) is 8.78. The summed E-state index contributed by atoms with van der Waals surface area (Å²) in [5, 5.41) is 3.39. The highest BCUT2D eigenvalue weighted by molar-refractivity contribution is 5.31. The van der Waals surface area contributed by atoms with Crippen LogP contribution in [0.3, 0.4) is 0 Å². The lowest BCUT2D eigenvalue weighted by atomic mass is 9.85. The van der Waals surface area contributed by atoms with Crippen molar-refractivity contribution in [3.05, 3.63) is 24.3 Å². The molecule has 0 heterocycles. The predicted octanol–water partition coefficient (Wildman–Crippen LogP) is 1.84. The second-order valence-electron chi connectivity index (χ2n) is 4.43. The van der Waals surface area contributed by atoms with Crippen molar-refractivity contribution in [3.63, 3.8) is 0 Å². The van der Waals surface area contributed by atoms with E-state index in [1.54, 1.807) is 14.2 Å². The minimum absolute atomic E-state index is 0.132. The lowest BCUT2D eigenvalue weighted by Gasteiger charge is -2.43. The van der Waals surface area contributed by atoms with E-state index in [9.17, 15) is 0 Å². The number of methoxy groups -OCH3 is 2. The van der Waals surface area contributed by atoms with E-state index < -0.39 is 0 Å². The van der Waals surface area contributed by atoms with Crippen molar-refractivity contribution >= 4 is 0 Å². The highest BCUT2D eigenvalue weighted by Gasteiger charge is 2.42. The molecule has 3 unspecified atom stereocenters. The molecule has 1 saturated carbocycles. The number of hydrogen-bond acceptors (Lipinski definition) is 4. The Morgan fingerprint density at radius 3 is 2.39 bits per heavy atom. The van der Waals surface area contributed by atoms with Gasteiger partial charge in [0.05, 0.1) is 7.11 Å². The molecule has 1 N–H and O–H groups in total. The van der Waals surface area contributed by atoms with Crippen LogP contribution >= 0.6 is 0 Å². The third-order valence-electron chi connectivity index (χ3n) is 3.33. The molecule has 0 saturated heterocycles. The molecule has 3 atom stereocenters. The normalized spacial score (nSPS) is 26.5. The summed E-state index contributed by atoms with van der Waals surface area (Å²) >= 11 is 0. The molecule has 18 heavy (non-hydrogen) atoms. The third-order valence-corrected chi connectivity index (χ3v) is 3.33. The largest absolute Gasteiger partial charge is 0.497 e. The Balaban J connectivity index is 1.89. The lowest BCUT2D eigenvalue weighted by Crippen LogP contribution is -2.60. The summed E-state index contributed by atoms with van der Waals surface area (Å²) in [6, 6.07) is 8.05. The maximum Gasteiger partial charge on any atom is 0.128 e. The van der Waals surface area contributed by atoms with Gasteiger partial charge in [0, 0.05) is 19.6 Å². The molecule has 1 aromatic rings. The van der Waals surface area contributed by atoms with Gasteiger partial charge in [0.25, 0.3) is 0 Å². The van der Waals surface area contributed by atoms with Gasteiger partial charge in [-0.15, -0.1) is 0 Å². The first-order valence-corrected chi connectivity index (χ1v) is 6.35. The summed E-state index contributed by atoms with van der Waals surface area (Å²) in [6.07, 6.45) is 1.25. The van der Waals surface area contributed by atoms with Gasteiger partial charge in [0.2, 0.25) is 0 Å². The van der Waals surface area contributed by atoms with E-state index in [2.05, 4.69) is 12.2 Å². The molecule has 0 bridgehead atoms. The number of rotatable bonds is 6. The Bertz CT molecular complexity index is 366. The molecule has 0 aromatic heterocycles. The number of nitrogens with one attached hydrogen (secondary N) is 1. The smallest absolute Gasteiger partial charge is 0.128 e.